The van der Waals surface area contributed by atoms with Crippen LogP contribution >= 0.6 is 0 Å². The van der Waals surface area contributed by atoms with Crippen LogP contribution in [0.1, 0.15) is 64.4 Å². The quantitative estimate of drug-likeness (QED) is 0.288. The maximum atomic E-state index is 12.1. The largest absolute Gasteiger partial charge is 1.00 e. The number of hydrogen-bond donors (Lipinski definition) is 0. The monoisotopic (exact) mass is 350 g/mol. The number of rotatable bonds is 9. The van der Waals surface area contributed by atoms with Crippen LogP contribution in [0.15, 0.2) is 41.2 Å². The van der Waals surface area contributed by atoms with E-state index in [1.54, 1.807) is 6.92 Å². The molecule has 4 nitrogen and oxygen atoms in total. The van der Waals surface area contributed by atoms with Crippen molar-refractivity contribution in [2.24, 2.45) is 5.10 Å². The van der Waals surface area contributed by atoms with Gasteiger partial charge < -0.3 is 5.11 Å². The van der Waals surface area contributed by atoms with Crippen molar-refractivity contribution in [3.05, 3.63) is 41.7 Å². The average molecular weight is 350 g/mol. The van der Waals surface area contributed by atoms with Gasteiger partial charge in [-0.25, -0.2) is 0 Å². The molecule has 0 aromatic heterocycles. The molecule has 1 amide bonds. The maximum Gasteiger partial charge on any atom is 1.00 e. The Labute approximate surface area is 173 Å². The minimum Gasteiger partial charge on any atom is -0.877 e. The molecule has 0 atom stereocenters. The number of amides is 1. The molecule has 1 aliphatic rings. The first-order chi connectivity index (χ1) is 11.7. The zero-order chi connectivity index (χ0) is 17.4. The van der Waals surface area contributed by atoms with E-state index in [9.17, 15) is 9.90 Å². The Morgan fingerprint density at radius 1 is 1.04 bits per heavy atom. The minimum absolute atomic E-state index is 0. The zero-order valence-corrected chi connectivity index (χ0v) is 17.8. The Balaban J connectivity index is 0.00000312. The number of unbranched alkanes of at least 4 members (excludes halogenated alkanes) is 6. The predicted molar refractivity (Wildman–Crippen MR) is 96.8 cm³/mol. The van der Waals surface area contributed by atoms with Gasteiger partial charge in [0.25, 0.3) is 5.91 Å². The van der Waals surface area contributed by atoms with Gasteiger partial charge in [0, 0.05) is 5.57 Å². The fourth-order valence-corrected chi connectivity index (χ4v) is 2.92. The van der Waals surface area contributed by atoms with Crippen LogP contribution in [0.5, 0.6) is 0 Å². The van der Waals surface area contributed by atoms with Crippen molar-refractivity contribution in [3.63, 3.8) is 0 Å². The third-order valence-electron chi connectivity index (χ3n) is 4.43. The van der Waals surface area contributed by atoms with Gasteiger partial charge in [-0.15, -0.1) is 6.26 Å². The molecule has 130 valence electrons. The molecule has 2 rings (SSSR count). The Bertz CT molecular complexity index is 609. The number of nitrogens with zero attached hydrogens (tertiary/aromatic N) is 2. The third kappa shape index (κ3) is 6.28. The van der Waals surface area contributed by atoms with E-state index in [1.165, 1.54) is 55.5 Å². The Kier molecular flexibility index (Phi) is 10.1. The Morgan fingerprint density at radius 3 is 2.20 bits per heavy atom. The van der Waals surface area contributed by atoms with E-state index < -0.39 is 0 Å². The van der Waals surface area contributed by atoms with E-state index in [0.29, 0.717) is 17.7 Å². The van der Waals surface area contributed by atoms with E-state index in [1.807, 2.05) is 24.3 Å². The van der Waals surface area contributed by atoms with Crippen LogP contribution in [-0.4, -0.2) is 11.6 Å². The van der Waals surface area contributed by atoms with Crippen molar-refractivity contribution < 1.29 is 39.5 Å². The maximum absolute atomic E-state index is 12.1. The Morgan fingerprint density at radius 2 is 1.64 bits per heavy atom. The summed E-state index contributed by atoms with van der Waals surface area (Å²) in [4.78, 5) is 12.1. The summed E-state index contributed by atoms with van der Waals surface area (Å²) in [7, 11) is 0. The van der Waals surface area contributed by atoms with Gasteiger partial charge in [-0.05, 0) is 37.5 Å². The fourth-order valence-electron chi connectivity index (χ4n) is 2.92. The topological polar surface area (TPSA) is 55.7 Å². The SMILES string of the molecule is CCCCCCCCCc1ccc(N2N=C(C)/C(=C/[O-])C2=O)cc1.[Na+]. The second-order valence-corrected chi connectivity index (χ2v) is 6.37. The minimum atomic E-state index is -0.345. The van der Waals surface area contributed by atoms with E-state index in [0.717, 1.165) is 6.42 Å². The van der Waals surface area contributed by atoms with Crippen LogP contribution < -0.4 is 39.7 Å². The fraction of sp³-hybridized carbons (Fsp3) is 0.500. The van der Waals surface area contributed by atoms with Gasteiger partial charge in [0.2, 0.25) is 0 Å². The molecule has 0 unspecified atom stereocenters. The van der Waals surface area contributed by atoms with Crippen LogP contribution in [0.4, 0.5) is 5.69 Å². The van der Waals surface area contributed by atoms with Gasteiger partial charge >= 0.3 is 29.6 Å². The van der Waals surface area contributed by atoms with Crippen molar-refractivity contribution in [3.8, 4) is 0 Å². The molecule has 5 heteroatoms. The van der Waals surface area contributed by atoms with Crippen LogP contribution in [0.2, 0.25) is 0 Å². The average Bonchev–Trinajstić information content (AvgIpc) is 2.88. The summed E-state index contributed by atoms with van der Waals surface area (Å²) in [6.07, 6.45) is 10.8. The summed E-state index contributed by atoms with van der Waals surface area (Å²) in [6, 6.07) is 7.89. The van der Waals surface area contributed by atoms with Gasteiger partial charge in [-0.2, -0.15) is 10.1 Å². The zero-order valence-electron chi connectivity index (χ0n) is 15.8. The molecule has 0 saturated heterocycles. The number of benzene rings is 1. The van der Waals surface area contributed by atoms with Crippen LogP contribution in [0.3, 0.4) is 0 Å². The summed E-state index contributed by atoms with van der Waals surface area (Å²) < 4.78 is 0. The van der Waals surface area contributed by atoms with Gasteiger partial charge in [0.1, 0.15) is 0 Å². The summed E-state index contributed by atoms with van der Waals surface area (Å²) in [5.41, 5.74) is 2.60. The summed E-state index contributed by atoms with van der Waals surface area (Å²) in [5, 5.41) is 16.4. The van der Waals surface area contributed by atoms with Crippen molar-refractivity contribution in [2.45, 2.75) is 65.2 Å². The smallest absolute Gasteiger partial charge is 0.877 e. The van der Waals surface area contributed by atoms with Crippen LogP contribution in [-0.2, 0) is 11.2 Å². The summed E-state index contributed by atoms with van der Waals surface area (Å²) >= 11 is 0. The molecule has 1 aliphatic heterocycles. The van der Waals surface area contributed by atoms with Gasteiger partial charge in [-0.3, -0.25) is 4.79 Å². The number of carbonyl (C=O) groups excluding carboxylic acids is 1. The molecule has 0 fully saturated rings. The molecule has 0 bridgehead atoms. The first-order valence-corrected chi connectivity index (χ1v) is 8.98. The van der Waals surface area contributed by atoms with Crippen molar-refractivity contribution in [1.29, 1.82) is 0 Å². The van der Waals surface area contributed by atoms with Gasteiger partial charge in [-0.1, -0.05) is 57.6 Å². The molecular formula is C20H27N2NaO2. The third-order valence-corrected chi connectivity index (χ3v) is 4.43. The van der Waals surface area contributed by atoms with E-state index in [-0.39, 0.29) is 41.0 Å². The number of hydrazone groups is 1. The van der Waals surface area contributed by atoms with Crippen molar-refractivity contribution in [2.75, 3.05) is 5.01 Å². The number of anilines is 1. The van der Waals surface area contributed by atoms with E-state index >= 15 is 0 Å². The van der Waals surface area contributed by atoms with Gasteiger partial charge in [0.15, 0.2) is 0 Å². The number of aryl methyl sites for hydroxylation is 1. The first kappa shape index (κ1) is 21.9. The van der Waals surface area contributed by atoms with Crippen LogP contribution in [0, 0.1) is 0 Å². The number of hydrogen-bond acceptors (Lipinski definition) is 3. The summed E-state index contributed by atoms with van der Waals surface area (Å²) in [6.45, 7) is 3.92. The van der Waals surface area contributed by atoms with Crippen molar-refractivity contribution in [1.82, 2.24) is 0 Å². The molecule has 0 spiro atoms. The van der Waals surface area contributed by atoms with E-state index in [4.69, 9.17) is 0 Å². The second-order valence-electron chi connectivity index (χ2n) is 6.37. The van der Waals surface area contributed by atoms with E-state index in [2.05, 4.69) is 12.0 Å². The molecule has 0 radical (unpaired) electrons. The number of carbonyl (C=O) groups is 1. The molecule has 0 aliphatic carbocycles. The molecule has 1 aromatic rings. The molecule has 1 aromatic carbocycles. The molecule has 0 saturated carbocycles. The molecule has 25 heavy (non-hydrogen) atoms. The van der Waals surface area contributed by atoms with Gasteiger partial charge in [0.05, 0.1) is 11.4 Å². The standard InChI is InChI=1S/C20H28N2O2.Na/c1-3-4-5-6-7-8-9-10-17-11-13-18(14-12-17)22-20(24)19(15-23)16(2)21-22;/h11-15,23H,3-10H2,1-2H3;/q;+1/p-1/b19-15-;. The molecule has 0 N–H and O–H groups in total. The van der Waals surface area contributed by atoms with Crippen LogP contribution in [0.25, 0.3) is 0 Å². The van der Waals surface area contributed by atoms with Crippen molar-refractivity contribution >= 4 is 17.3 Å². The summed E-state index contributed by atoms with van der Waals surface area (Å²) in [5.74, 6) is -0.345. The predicted octanol–water partition coefficient (Wildman–Crippen LogP) is 0.950. The normalized spacial score (nSPS) is 15.4. The second kappa shape index (κ2) is 11.5. The molecular weight excluding hydrogens is 323 g/mol. The Hall–Kier alpha value is -1.10. The molecule has 1 heterocycles. The first-order valence-electron chi connectivity index (χ1n) is 8.98.